The molecule has 5 heteroatoms. The molecule has 21 heavy (non-hydrogen) atoms. The molecule has 0 atom stereocenters. The van der Waals surface area contributed by atoms with Crippen molar-refractivity contribution in [2.24, 2.45) is 0 Å². The number of hydrogen-bond donors (Lipinski definition) is 1. The Balaban J connectivity index is 2.17. The second-order valence-electron chi connectivity index (χ2n) is 4.16. The van der Waals surface area contributed by atoms with E-state index in [2.05, 4.69) is 4.74 Å². The molecule has 0 aliphatic heterocycles. The summed E-state index contributed by atoms with van der Waals surface area (Å²) >= 11 is 0. The van der Waals surface area contributed by atoms with Crippen LogP contribution in [0.5, 0.6) is 11.5 Å². The Morgan fingerprint density at radius 1 is 1.10 bits per heavy atom. The third-order valence-electron chi connectivity index (χ3n) is 2.70. The molecule has 0 amide bonds. The summed E-state index contributed by atoms with van der Waals surface area (Å²) < 4.78 is 28.9. The number of phenols is 1. The molecule has 0 radical (unpaired) electrons. The molecule has 0 heterocycles. The van der Waals surface area contributed by atoms with Crippen LogP contribution in [0.15, 0.2) is 54.6 Å². The summed E-state index contributed by atoms with van der Waals surface area (Å²) in [5, 5.41) is 9.15. The summed E-state index contributed by atoms with van der Waals surface area (Å²) in [6.07, 6.45) is 2.67. The van der Waals surface area contributed by atoms with Crippen LogP contribution in [0.4, 0.5) is 8.78 Å². The first-order valence-electron chi connectivity index (χ1n) is 6.11. The number of ketones is 1. The quantitative estimate of drug-likeness (QED) is 0.671. The molecule has 0 bridgehead atoms. The molecule has 108 valence electrons. The summed E-state index contributed by atoms with van der Waals surface area (Å²) in [4.78, 5) is 11.9. The van der Waals surface area contributed by atoms with E-state index >= 15 is 0 Å². The minimum Gasteiger partial charge on any atom is -0.508 e. The van der Waals surface area contributed by atoms with Crippen LogP contribution in [0.3, 0.4) is 0 Å². The van der Waals surface area contributed by atoms with E-state index in [-0.39, 0.29) is 17.3 Å². The Bertz CT molecular complexity index is 649. The SMILES string of the molecule is O=C(C=Cc1ccccc1OC(F)F)c1ccc(O)cc1. The molecule has 0 aromatic heterocycles. The highest BCUT2D eigenvalue weighted by Gasteiger charge is 2.08. The number of rotatable bonds is 5. The lowest BCUT2D eigenvalue weighted by molar-refractivity contribution is -0.0499. The van der Waals surface area contributed by atoms with E-state index in [0.717, 1.165) is 0 Å². The van der Waals surface area contributed by atoms with E-state index in [0.29, 0.717) is 11.1 Å². The average molecular weight is 290 g/mol. The van der Waals surface area contributed by atoms with Gasteiger partial charge in [-0.15, -0.1) is 0 Å². The number of alkyl halides is 2. The Kier molecular flexibility index (Phi) is 4.66. The van der Waals surface area contributed by atoms with Crippen molar-refractivity contribution in [3.8, 4) is 11.5 Å². The molecule has 0 spiro atoms. The Morgan fingerprint density at radius 3 is 2.43 bits per heavy atom. The van der Waals surface area contributed by atoms with Gasteiger partial charge in [0.2, 0.25) is 0 Å². The van der Waals surface area contributed by atoms with Crippen LogP contribution in [-0.4, -0.2) is 17.5 Å². The molecule has 0 aliphatic carbocycles. The van der Waals surface area contributed by atoms with Crippen molar-refractivity contribution >= 4 is 11.9 Å². The predicted molar refractivity (Wildman–Crippen MR) is 74.5 cm³/mol. The molecule has 2 aromatic rings. The number of hydrogen-bond acceptors (Lipinski definition) is 3. The molecule has 3 nitrogen and oxygen atoms in total. The van der Waals surface area contributed by atoms with E-state index in [1.165, 1.54) is 42.5 Å². The monoisotopic (exact) mass is 290 g/mol. The molecule has 0 fully saturated rings. The van der Waals surface area contributed by atoms with Gasteiger partial charge < -0.3 is 9.84 Å². The summed E-state index contributed by atoms with van der Waals surface area (Å²) in [5.41, 5.74) is 0.765. The zero-order chi connectivity index (χ0) is 15.2. The van der Waals surface area contributed by atoms with Gasteiger partial charge in [0, 0.05) is 11.1 Å². The fourth-order valence-corrected chi connectivity index (χ4v) is 1.71. The van der Waals surface area contributed by atoms with Crippen molar-refractivity contribution in [1.82, 2.24) is 0 Å². The Labute approximate surface area is 120 Å². The van der Waals surface area contributed by atoms with Gasteiger partial charge in [0.05, 0.1) is 0 Å². The topological polar surface area (TPSA) is 46.5 Å². The second-order valence-corrected chi connectivity index (χ2v) is 4.16. The van der Waals surface area contributed by atoms with Crippen LogP contribution >= 0.6 is 0 Å². The van der Waals surface area contributed by atoms with Gasteiger partial charge in [-0.2, -0.15) is 8.78 Å². The number of ether oxygens (including phenoxy) is 1. The number of phenolic OH excluding ortho intramolecular Hbond substituents is 1. The fraction of sp³-hybridized carbons (Fsp3) is 0.0625. The number of allylic oxidation sites excluding steroid dienone is 1. The highest BCUT2D eigenvalue weighted by molar-refractivity contribution is 6.07. The lowest BCUT2D eigenvalue weighted by atomic mass is 10.1. The highest BCUT2D eigenvalue weighted by atomic mass is 19.3. The molecular weight excluding hydrogens is 278 g/mol. The van der Waals surface area contributed by atoms with Gasteiger partial charge >= 0.3 is 6.61 Å². The summed E-state index contributed by atoms with van der Waals surface area (Å²) in [7, 11) is 0. The molecule has 0 saturated carbocycles. The zero-order valence-electron chi connectivity index (χ0n) is 10.9. The number of carbonyl (C=O) groups excluding carboxylic acids is 1. The number of benzene rings is 2. The van der Waals surface area contributed by atoms with Crippen molar-refractivity contribution in [3.63, 3.8) is 0 Å². The largest absolute Gasteiger partial charge is 0.508 e. The van der Waals surface area contributed by atoms with Crippen molar-refractivity contribution in [2.45, 2.75) is 6.61 Å². The van der Waals surface area contributed by atoms with Crippen molar-refractivity contribution < 1.29 is 23.4 Å². The van der Waals surface area contributed by atoms with Crippen molar-refractivity contribution in [1.29, 1.82) is 0 Å². The predicted octanol–water partition coefficient (Wildman–Crippen LogP) is 3.89. The molecule has 0 saturated heterocycles. The maximum absolute atomic E-state index is 12.3. The summed E-state index contributed by atoms with van der Waals surface area (Å²) in [6.45, 7) is -2.92. The zero-order valence-corrected chi connectivity index (χ0v) is 10.9. The minimum absolute atomic E-state index is 0.00209. The first kappa shape index (κ1) is 14.7. The molecular formula is C16H12F2O3. The number of halogens is 2. The second kappa shape index (κ2) is 6.65. The highest BCUT2D eigenvalue weighted by Crippen LogP contribution is 2.22. The average Bonchev–Trinajstić information content (AvgIpc) is 2.46. The van der Waals surface area contributed by atoms with Gasteiger partial charge in [0.15, 0.2) is 5.78 Å². The van der Waals surface area contributed by atoms with E-state index < -0.39 is 6.61 Å². The van der Waals surface area contributed by atoms with Crippen molar-refractivity contribution in [3.05, 3.63) is 65.7 Å². The maximum atomic E-state index is 12.3. The smallest absolute Gasteiger partial charge is 0.387 e. The minimum atomic E-state index is -2.92. The first-order valence-corrected chi connectivity index (χ1v) is 6.11. The maximum Gasteiger partial charge on any atom is 0.387 e. The van der Waals surface area contributed by atoms with E-state index in [1.54, 1.807) is 18.2 Å². The van der Waals surface area contributed by atoms with E-state index in [4.69, 9.17) is 5.11 Å². The van der Waals surface area contributed by atoms with Crippen molar-refractivity contribution in [2.75, 3.05) is 0 Å². The van der Waals surface area contributed by atoms with Gasteiger partial charge in [0.1, 0.15) is 11.5 Å². The summed E-state index contributed by atoms with van der Waals surface area (Å²) in [5.74, 6) is -0.240. The van der Waals surface area contributed by atoms with Gasteiger partial charge in [-0.3, -0.25) is 4.79 Å². The third-order valence-corrected chi connectivity index (χ3v) is 2.70. The van der Waals surface area contributed by atoms with E-state index in [9.17, 15) is 13.6 Å². The van der Waals surface area contributed by atoms with Gasteiger partial charge in [0.25, 0.3) is 0 Å². The lowest BCUT2D eigenvalue weighted by Crippen LogP contribution is -2.03. The Morgan fingerprint density at radius 2 is 1.76 bits per heavy atom. The Hall–Kier alpha value is -2.69. The molecule has 2 aromatic carbocycles. The molecule has 0 unspecified atom stereocenters. The molecule has 1 N–H and O–H groups in total. The summed E-state index contributed by atoms with van der Waals surface area (Å²) in [6, 6.07) is 11.9. The van der Waals surface area contributed by atoms with Crippen LogP contribution in [-0.2, 0) is 0 Å². The third kappa shape index (κ3) is 4.14. The standard InChI is InChI=1S/C16H12F2O3/c17-16(18)21-15-4-2-1-3-12(15)7-10-14(20)11-5-8-13(19)9-6-11/h1-10,16,19H. The van der Waals surface area contributed by atoms with Crippen LogP contribution in [0.25, 0.3) is 6.08 Å². The van der Waals surface area contributed by atoms with Gasteiger partial charge in [-0.25, -0.2) is 0 Å². The fourth-order valence-electron chi connectivity index (χ4n) is 1.71. The number of para-hydroxylation sites is 1. The van der Waals surface area contributed by atoms with Gasteiger partial charge in [-0.05, 0) is 42.5 Å². The molecule has 2 rings (SSSR count). The first-order chi connectivity index (χ1) is 10.1. The molecule has 0 aliphatic rings. The van der Waals surface area contributed by atoms with Crippen LogP contribution < -0.4 is 4.74 Å². The van der Waals surface area contributed by atoms with E-state index in [1.807, 2.05) is 0 Å². The number of aromatic hydroxyl groups is 1. The van der Waals surface area contributed by atoms with Gasteiger partial charge in [-0.1, -0.05) is 18.2 Å². The number of carbonyl (C=O) groups is 1. The normalized spacial score (nSPS) is 11.0. The van der Waals surface area contributed by atoms with Crippen LogP contribution in [0.1, 0.15) is 15.9 Å². The lowest BCUT2D eigenvalue weighted by Gasteiger charge is -2.07. The van der Waals surface area contributed by atoms with Crippen LogP contribution in [0, 0.1) is 0 Å². The van der Waals surface area contributed by atoms with Crippen LogP contribution in [0.2, 0.25) is 0 Å².